The molecule has 1 aromatic heterocycles. The molecule has 0 aliphatic carbocycles. The largest absolute Gasteiger partial charge is 0.399 e. The molecule has 1 aliphatic heterocycles. The van der Waals surface area contributed by atoms with Gasteiger partial charge >= 0.3 is 0 Å². The number of hydrogen-bond acceptors (Lipinski definition) is 4. The van der Waals surface area contributed by atoms with E-state index in [1.165, 1.54) is 0 Å². The Morgan fingerprint density at radius 1 is 1.15 bits per heavy atom. The Labute approximate surface area is 166 Å². The van der Waals surface area contributed by atoms with Crippen molar-refractivity contribution in [3.63, 3.8) is 0 Å². The molecule has 3 aromatic rings. The lowest BCUT2D eigenvalue weighted by Crippen LogP contribution is -2.35. The number of halogens is 2. The predicted molar refractivity (Wildman–Crippen MR) is 109 cm³/mol. The SMILES string of the molecule is Nc1ccc(-c2nc3c(c(=O)[nH]2)CN(Cc2cccc(Cl)c2Cl)CC3)cc1. The van der Waals surface area contributed by atoms with E-state index in [1.54, 1.807) is 18.2 Å². The van der Waals surface area contributed by atoms with Gasteiger partial charge in [-0.05, 0) is 35.9 Å². The lowest BCUT2D eigenvalue weighted by atomic mass is 10.1. The molecule has 0 atom stereocenters. The summed E-state index contributed by atoms with van der Waals surface area (Å²) in [7, 11) is 0. The van der Waals surface area contributed by atoms with Crippen molar-refractivity contribution in [2.75, 3.05) is 12.3 Å². The van der Waals surface area contributed by atoms with Crippen LogP contribution in [0.3, 0.4) is 0 Å². The maximum absolute atomic E-state index is 12.6. The number of hydrogen-bond donors (Lipinski definition) is 2. The zero-order chi connectivity index (χ0) is 19.0. The van der Waals surface area contributed by atoms with Crippen LogP contribution in [0.2, 0.25) is 10.0 Å². The second-order valence-electron chi connectivity index (χ2n) is 6.64. The van der Waals surface area contributed by atoms with Crippen molar-refractivity contribution in [3.8, 4) is 11.4 Å². The number of nitrogens with one attached hydrogen (secondary N) is 1. The Kier molecular flexibility index (Phi) is 4.91. The molecular weight excluding hydrogens is 383 g/mol. The summed E-state index contributed by atoms with van der Waals surface area (Å²) < 4.78 is 0. The number of rotatable bonds is 3. The molecule has 2 heterocycles. The highest BCUT2D eigenvalue weighted by Crippen LogP contribution is 2.28. The molecule has 2 aromatic carbocycles. The summed E-state index contributed by atoms with van der Waals surface area (Å²) in [6.07, 6.45) is 0.708. The van der Waals surface area contributed by atoms with Crippen molar-refractivity contribution in [1.29, 1.82) is 0 Å². The first-order valence-corrected chi connectivity index (χ1v) is 9.40. The topological polar surface area (TPSA) is 75.0 Å². The normalized spacial score (nSPS) is 14.1. The monoisotopic (exact) mass is 400 g/mol. The Balaban J connectivity index is 1.59. The van der Waals surface area contributed by atoms with E-state index < -0.39 is 0 Å². The molecular formula is C20H18Cl2N4O. The first-order chi connectivity index (χ1) is 13.0. The van der Waals surface area contributed by atoms with Crippen LogP contribution in [0.15, 0.2) is 47.3 Å². The summed E-state index contributed by atoms with van der Waals surface area (Å²) in [6, 6.07) is 12.9. The predicted octanol–water partition coefficient (Wildman–Crippen LogP) is 3.88. The molecule has 0 spiro atoms. The van der Waals surface area contributed by atoms with E-state index in [1.807, 2.05) is 24.3 Å². The number of anilines is 1. The van der Waals surface area contributed by atoms with Gasteiger partial charge in [-0.3, -0.25) is 9.69 Å². The minimum Gasteiger partial charge on any atom is -0.399 e. The standard InChI is InChI=1S/C20H18Cl2N4O/c21-16-3-1-2-13(18(16)22)10-26-9-8-17-15(11-26)20(27)25-19(24-17)12-4-6-14(23)7-5-12/h1-7H,8-11,23H2,(H,24,25,27). The van der Waals surface area contributed by atoms with Gasteiger partial charge in [0.2, 0.25) is 0 Å². The van der Waals surface area contributed by atoms with Crippen molar-refractivity contribution in [3.05, 3.63) is 79.7 Å². The molecule has 4 rings (SSSR count). The molecule has 0 amide bonds. The fourth-order valence-corrected chi connectivity index (χ4v) is 3.68. The number of fused-ring (bicyclic) bond motifs is 1. The van der Waals surface area contributed by atoms with E-state index in [0.29, 0.717) is 46.6 Å². The van der Waals surface area contributed by atoms with E-state index in [2.05, 4.69) is 14.9 Å². The third-order valence-corrected chi connectivity index (χ3v) is 5.62. The highest BCUT2D eigenvalue weighted by molar-refractivity contribution is 6.42. The van der Waals surface area contributed by atoms with Gasteiger partial charge in [0.25, 0.3) is 5.56 Å². The molecule has 5 nitrogen and oxygen atoms in total. The third-order valence-electron chi connectivity index (χ3n) is 4.76. The Morgan fingerprint density at radius 3 is 2.70 bits per heavy atom. The van der Waals surface area contributed by atoms with E-state index in [0.717, 1.165) is 23.4 Å². The number of nitrogens with zero attached hydrogens (tertiary/aromatic N) is 2. The minimum atomic E-state index is -0.103. The third kappa shape index (κ3) is 3.72. The van der Waals surface area contributed by atoms with Gasteiger partial charge in [0.15, 0.2) is 0 Å². The Morgan fingerprint density at radius 2 is 1.93 bits per heavy atom. The number of nitrogen functional groups attached to an aromatic ring is 1. The maximum atomic E-state index is 12.6. The van der Waals surface area contributed by atoms with Crippen LogP contribution in [0.25, 0.3) is 11.4 Å². The summed E-state index contributed by atoms with van der Waals surface area (Å²) in [6.45, 7) is 1.97. The molecule has 0 saturated heterocycles. The van der Waals surface area contributed by atoms with Crippen LogP contribution in [-0.2, 0) is 19.5 Å². The van der Waals surface area contributed by atoms with Crippen molar-refractivity contribution in [2.45, 2.75) is 19.5 Å². The molecule has 138 valence electrons. The van der Waals surface area contributed by atoms with Crippen LogP contribution >= 0.6 is 23.2 Å². The summed E-state index contributed by atoms with van der Waals surface area (Å²) >= 11 is 12.4. The van der Waals surface area contributed by atoms with Crippen LogP contribution in [0.1, 0.15) is 16.8 Å². The molecule has 0 fully saturated rings. The molecule has 0 bridgehead atoms. The molecule has 27 heavy (non-hydrogen) atoms. The quantitative estimate of drug-likeness (QED) is 0.654. The van der Waals surface area contributed by atoms with Gasteiger partial charge in [-0.2, -0.15) is 0 Å². The van der Waals surface area contributed by atoms with E-state index in [9.17, 15) is 4.79 Å². The summed E-state index contributed by atoms with van der Waals surface area (Å²) in [4.78, 5) is 22.4. The molecule has 0 saturated carbocycles. The molecule has 0 unspecified atom stereocenters. The Bertz CT molecular complexity index is 1050. The lowest BCUT2D eigenvalue weighted by Gasteiger charge is -2.28. The smallest absolute Gasteiger partial charge is 0.255 e. The van der Waals surface area contributed by atoms with Crippen LogP contribution < -0.4 is 11.3 Å². The van der Waals surface area contributed by atoms with Crippen molar-refractivity contribution >= 4 is 28.9 Å². The average molecular weight is 401 g/mol. The van der Waals surface area contributed by atoms with Crippen molar-refractivity contribution < 1.29 is 0 Å². The minimum absolute atomic E-state index is 0.103. The van der Waals surface area contributed by atoms with E-state index in [4.69, 9.17) is 28.9 Å². The van der Waals surface area contributed by atoms with Crippen LogP contribution in [-0.4, -0.2) is 21.4 Å². The van der Waals surface area contributed by atoms with Crippen molar-refractivity contribution in [2.24, 2.45) is 0 Å². The van der Waals surface area contributed by atoms with E-state index in [-0.39, 0.29) is 5.56 Å². The number of aromatic nitrogens is 2. The summed E-state index contributed by atoms with van der Waals surface area (Å²) in [5, 5.41) is 1.11. The van der Waals surface area contributed by atoms with Gasteiger partial charge in [0, 0.05) is 37.3 Å². The van der Waals surface area contributed by atoms with Gasteiger partial charge in [-0.1, -0.05) is 35.3 Å². The second-order valence-corrected chi connectivity index (χ2v) is 7.42. The first-order valence-electron chi connectivity index (χ1n) is 8.64. The average Bonchev–Trinajstić information content (AvgIpc) is 2.66. The highest BCUT2D eigenvalue weighted by Gasteiger charge is 2.22. The van der Waals surface area contributed by atoms with Gasteiger partial charge in [-0.25, -0.2) is 4.98 Å². The lowest BCUT2D eigenvalue weighted by molar-refractivity contribution is 0.242. The van der Waals surface area contributed by atoms with Crippen LogP contribution in [0.5, 0.6) is 0 Å². The van der Waals surface area contributed by atoms with Crippen LogP contribution in [0.4, 0.5) is 5.69 Å². The van der Waals surface area contributed by atoms with E-state index >= 15 is 0 Å². The molecule has 0 radical (unpaired) electrons. The van der Waals surface area contributed by atoms with Gasteiger partial charge in [0.1, 0.15) is 5.82 Å². The number of H-pyrrole nitrogens is 1. The Hall–Kier alpha value is -2.34. The maximum Gasteiger partial charge on any atom is 0.255 e. The van der Waals surface area contributed by atoms with Gasteiger partial charge in [0.05, 0.1) is 21.3 Å². The van der Waals surface area contributed by atoms with Crippen molar-refractivity contribution in [1.82, 2.24) is 14.9 Å². The fraction of sp³-hybridized carbons (Fsp3) is 0.200. The number of benzene rings is 2. The molecule has 1 aliphatic rings. The molecule has 7 heteroatoms. The van der Waals surface area contributed by atoms with Crippen LogP contribution in [0, 0.1) is 0 Å². The van der Waals surface area contributed by atoms with Gasteiger partial charge in [-0.15, -0.1) is 0 Å². The zero-order valence-electron chi connectivity index (χ0n) is 14.5. The number of aromatic amines is 1. The zero-order valence-corrected chi connectivity index (χ0v) is 16.0. The first kappa shape index (κ1) is 18.0. The molecule has 3 N–H and O–H groups in total. The summed E-state index contributed by atoms with van der Waals surface area (Å²) in [5.41, 5.74) is 9.65. The highest BCUT2D eigenvalue weighted by atomic mass is 35.5. The fourth-order valence-electron chi connectivity index (χ4n) is 3.31. The van der Waals surface area contributed by atoms with Gasteiger partial charge < -0.3 is 10.7 Å². The number of nitrogens with two attached hydrogens (primary N) is 1. The summed E-state index contributed by atoms with van der Waals surface area (Å²) in [5.74, 6) is 0.574. The second kappa shape index (κ2) is 7.35.